The minimum atomic E-state index is -3.75. The number of nitrogens with one attached hydrogen (secondary N) is 2. The lowest BCUT2D eigenvalue weighted by molar-refractivity contribution is 0.102. The van der Waals surface area contributed by atoms with E-state index in [9.17, 15) is 13.2 Å². The summed E-state index contributed by atoms with van der Waals surface area (Å²) in [7, 11) is -2.24. The molecule has 1 aromatic heterocycles. The Morgan fingerprint density at radius 1 is 0.967 bits per heavy atom. The van der Waals surface area contributed by atoms with E-state index < -0.39 is 10.0 Å². The predicted octanol–water partition coefficient (Wildman–Crippen LogP) is 4.36. The van der Waals surface area contributed by atoms with Crippen molar-refractivity contribution in [3.8, 4) is 5.75 Å². The average Bonchev–Trinajstić information content (AvgIpc) is 3.16. The standard InChI is InChI=1S/C21H17N3O4S2/c1-28-16-10-12-17(13-11-16)30(26,27)24-15-8-6-14(7-9-15)20(25)23-21-22-18-4-2-3-5-19(18)29-21/h2-13,24H,1H3,(H,22,23,25). The number of hydrogen-bond donors (Lipinski definition) is 2. The van der Waals surface area contributed by atoms with Crippen LogP contribution in [-0.4, -0.2) is 26.4 Å². The molecule has 0 fully saturated rings. The number of amides is 1. The van der Waals surface area contributed by atoms with Gasteiger partial charge in [-0.3, -0.25) is 14.8 Å². The van der Waals surface area contributed by atoms with Crippen LogP contribution in [0.5, 0.6) is 5.75 Å². The molecule has 2 N–H and O–H groups in total. The quantitative estimate of drug-likeness (QED) is 0.465. The van der Waals surface area contributed by atoms with Gasteiger partial charge in [-0.05, 0) is 60.7 Å². The third-order valence-electron chi connectivity index (χ3n) is 4.28. The minimum Gasteiger partial charge on any atom is -0.497 e. The fourth-order valence-electron chi connectivity index (χ4n) is 2.75. The molecule has 0 saturated carbocycles. The van der Waals surface area contributed by atoms with Gasteiger partial charge in [0.25, 0.3) is 15.9 Å². The monoisotopic (exact) mass is 439 g/mol. The van der Waals surface area contributed by atoms with E-state index in [0.29, 0.717) is 22.1 Å². The van der Waals surface area contributed by atoms with Gasteiger partial charge in [0, 0.05) is 11.3 Å². The molecule has 0 aliphatic heterocycles. The maximum atomic E-state index is 12.5. The van der Waals surface area contributed by atoms with Crippen molar-refractivity contribution in [3.05, 3.63) is 78.4 Å². The van der Waals surface area contributed by atoms with Crippen molar-refractivity contribution in [2.45, 2.75) is 4.90 Å². The number of anilines is 2. The summed E-state index contributed by atoms with van der Waals surface area (Å²) in [4.78, 5) is 17.0. The SMILES string of the molecule is COc1ccc(S(=O)(=O)Nc2ccc(C(=O)Nc3nc4ccccc4s3)cc2)cc1. The van der Waals surface area contributed by atoms with Crippen LogP contribution in [0.4, 0.5) is 10.8 Å². The maximum Gasteiger partial charge on any atom is 0.261 e. The van der Waals surface area contributed by atoms with Gasteiger partial charge >= 0.3 is 0 Å². The molecule has 0 saturated heterocycles. The van der Waals surface area contributed by atoms with Gasteiger partial charge in [0.2, 0.25) is 0 Å². The minimum absolute atomic E-state index is 0.112. The number of benzene rings is 3. The second-order valence-corrected chi connectivity index (χ2v) is 9.01. The summed E-state index contributed by atoms with van der Waals surface area (Å²) in [5, 5.41) is 3.28. The van der Waals surface area contributed by atoms with Crippen molar-refractivity contribution >= 4 is 48.3 Å². The van der Waals surface area contributed by atoms with E-state index in [1.165, 1.54) is 42.7 Å². The molecular formula is C21H17N3O4S2. The number of carbonyl (C=O) groups is 1. The van der Waals surface area contributed by atoms with E-state index in [1.54, 1.807) is 24.3 Å². The Labute approximate surface area is 177 Å². The number of aromatic nitrogens is 1. The molecule has 4 aromatic rings. The van der Waals surface area contributed by atoms with Crippen LogP contribution in [0, 0.1) is 0 Å². The normalized spacial score (nSPS) is 11.2. The van der Waals surface area contributed by atoms with Gasteiger partial charge in [0.05, 0.1) is 22.2 Å². The average molecular weight is 440 g/mol. The van der Waals surface area contributed by atoms with E-state index >= 15 is 0 Å². The topological polar surface area (TPSA) is 97.4 Å². The molecule has 0 aliphatic rings. The Balaban J connectivity index is 1.45. The molecule has 1 heterocycles. The molecule has 7 nitrogen and oxygen atoms in total. The number of thiazole rings is 1. The highest BCUT2D eigenvalue weighted by atomic mass is 32.2. The first-order valence-electron chi connectivity index (χ1n) is 8.88. The Kier molecular flexibility index (Phi) is 5.39. The summed E-state index contributed by atoms with van der Waals surface area (Å²) in [5.41, 5.74) is 1.56. The number of sulfonamides is 1. The molecule has 30 heavy (non-hydrogen) atoms. The molecule has 0 bridgehead atoms. The highest BCUT2D eigenvalue weighted by molar-refractivity contribution is 7.92. The van der Waals surface area contributed by atoms with Crippen LogP contribution in [0.15, 0.2) is 77.7 Å². The van der Waals surface area contributed by atoms with Crippen LogP contribution < -0.4 is 14.8 Å². The number of fused-ring (bicyclic) bond motifs is 1. The van der Waals surface area contributed by atoms with Crippen molar-refractivity contribution in [2.24, 2.45) is 0 Å². The smallest absolute Gasteiger partial charge is 0.261 e. The number of hydrogen-bond acceptors (Lipinski definition) is 6. The number of para-hydroxylation sites is 1. The van der Waals surface area contributed by atoms with Gasteiger partial charge in [-0.15, -0.1) is 0 Å². The third-order valence-corrected chi connectivity index (χ3v) is 6.63. The lowest BCUT2D eigenvalue weighted by Crippen LogP contribution is -2.14. The van der Waals surface area contributed by atoms with Gasteiger partial charge in [-0.1, -0.05) is 23.5 Å². The van der Waals surface area contributed by atoms with Crippen molar-refractivity contribution in [1.82, 2.24) is 4.98 Å². The molecule has 1 amide bonds. The van der Waals surface area contributed by atoms with E-state index in [2.05, 4.69) is 15.0 Å². The molecule has 3 aromatic carbocycles. The number of ether oxygens (including phenoxy) is 1. The van der Waals surface area contributed by atoms with Gasteiger partial charge in [-0.2, -0.15) is 0 Å². The molecular weight excluding hydrogens is 422 g/mol. The van der Waals surface area contributed by atoms with Gasteiger partial charge < -0.3 is 4.74 Å². The van der Waals surface area contributed by atoms with Gasteiger partial charge in [0.1, 0.15) is 5.75 Å². The summed E-state index contributed by atoms with van der Waals surface area (Å²) in [6.07, 6.45) is 0. The van der Waals surface area contributed by atoms with Crippen molar-refractivity contribution in [3.63, 3.8) is 0 Å². The van der Waals surface area contributed by atoms with Crippen molar-refractivity contribution in [2.75, 3.05) is 17.1 Å². The van der Waals surface area contributed by atoms with E-state index in [1.807, 2.05) is 24.3 Å². The molecule has 0 spiro atoms. The highest BCUT2D eigenvalue weighted by Gasteiger charge is 2.15. The summed E-state index contributed by atoms with van der Waals surface area (Å²) in [6.45, 7) is 0. The summed E-state index contributed by atoms with van der Waals surface area (Å²) < 4.78 is 33.5. The molecule has 0 aliphatic carbocycles. The lowest BCUT2D eigenvalue weighted by Gasteiger charge is -2.09. The number of rotatable bonds is 6. The van der Waals surface area contributed by atoms with Crippen LogP contribution >= 0.6 is 11.3 Å². The Hall–Kier alpha value is -3.43. The number of nitrogens with zero attached hydrogens (tertiary/aromatic N) is 1. The molecule has 152 valence electrons. The second-order valence-electron chi connectivity index (χ2n) is 6.30. The van der Waals surface area contributed by atoms with E-state index in [4.69, 9.17) is 4.74 Å². The predicted molar refractivity (Wildman–Crippen MR) is 118 cm³/mol. The van der Waals surface area contributed by atoms with Crippen molar-refractivity contribution in [1.29, 1.82) is 0 Å². The molecule has 9 heteroatoms. The summed E-state index contributed by atoms with van der Waals surface area (Å²) in [6, 6.07) is 19.9. The Bertz CT molecular complexity index is 1270. The first-order chi connectivity index (χ1) is 14.4. The summed E-state index contributed by atoms with van der Waals surface area (Å²) >= 11 is 1.39. The number of carbonyl (C=O) groups excluding carboxylic acids is 1. The second kappa shape index (κ2) is 8.13. The fraction of sp³-hybridized carbons (Fsp3) is 0.0476. The molecule has 0 atom stereocenters. The first-order valence-corrected chi connectivity index (χ1v) is 11.2. The van der Waals surface area contributed by atoms with Gasteiger partial charge in [-0.25, -0.2) is 13.4 Å². The van der Waals surface area contributed by atoms with Crippen LogP contribution in [0.25, 0.3) is 10.2 Å². The van der Waals surface area contributed by atoms with Crippen LogP contribution in [-0.2, 0) is 10.0 Å². The van der Waals surface area contributed by atoms with Gasteiger partial charge in [0.15, 0.2) is 5.13 Å². The van der Waals surface area contributed by atoms with Crippen molar-refractivity contribution < 1.29 is 17.9 Å². The lowest BCUT2D eigenvalue weighted by atomic mass is 10.2. The molecule has 0 radical (unpaired) electrons. The largest absolute Gasteiger partial charge is 0.497 e. The zero-order valence-electron chi connectivity index (χ0n) is 15.8. The third kappa shape index (κ3) is 4.27. The zero-order valence-corrected chi connectivity index (χ0v) is 17.5. The Morgan fingerprint density at radius 3 is 2.33 bits per heavy atom. The van der Waals surface area contributed by atoms with Crippen LogP contribution in [0.3, 0.4) is 0 Å². The fourth-order valence-corrected chi connectivity index (χ4v) is 4.67. The zero-order chi connectivity index (χ0) is 21.1. The Morgan fingerprint density at radius 2 is 1.67 bits per heavy atom. The van der Waals surface area contributed by atoms with E-state index in [0.717, 1.165) is 10.2 Å². The summed E-state index contributed by atoms with van der Waals surface area (Å²) in [5.74, 6) is 0.246. The molecule has 0 unspecified atom stereocenters. The maximum absolute atomic E-state index is 12.5. The van der Waals surface area contributed by atoms with Crippen LogP contribution in [0.2, 0.25) is 0 Å². The highest BCUT2D eigenvalue weighted by Crippen LogP contribution is 2.26. The first kappa shape index (κ1) is 19.9. The molecule has 4 rings (SSSR count). The van der Waals surface area contributed by atoms with Crippen LogP contribution in [0.1, 0.15) is 10.4 Å². The number of methoxy groups -OCH3 is 1. The van der Waals surface area contributed by atoms with E-state index in [-0.39, 0.29) is 10.8 Å².